The predicted molar refractivity (Wildman–Crippen MR) is 102 cm³/mol. The van der Waals surface area contributed by atoms with Gasteiger partial charge in [0.2, 0.25) is 5.91 Å². The van der Waals surface area contributed by atoms with Crippen molar-refractivity contribution in [3.05, 3.63) is 23.6 Å². The Morgan fingerprint density at radius 1 is 1.44 bits per heavy atom. The maximum Gasteiger partial charge on any atom is 0.304 e. The van der Waals surface area contributed by atoms with Crippen molar-refractivity contribution >= 4 is 23.6 Å². The number of aliphatic hydroxyl groups is 1. The molecule has 1 fully saturated rings. The van der Waals surface area contributed by atoms with Crippen LogP contribution in [0.3, 0.4) is 0 Å². The Hall–Kier alpha value is -1.27. The number of carbonyl (C=O) groups excluding carboxylic acids is 1. The van der Waals surface area contributed by atoms with Gasteiger partial charge in [-0.2, -0.15) is 0 Å². The second-order valence-corrected chi connectivity index (χ2v) is 7.35. The summed E-state index contributed by atoms with van der Waals surface area (Å²) < 4.78 is 0. The maximum atomic E-state index is 12.2. The average Bonchev–Trinajstić information content (AvgIpc) is 2.57. The fourth-order valence-corrected chi connectivity index (χ4v) is 3.43. The molecular formula is C19H31NO4S. The number of carboxylic acids is 1. The van der Waals surface area contributed by atoms with E-state index in [0.717, 1.165) is 38.5 Å². The van der Waals surface area contributed by atoms with Crippen LogP contribution in [0.2, 0.25) is 0 Å². The molecule has 1 aliphatic rings. The van der Waals surface area contributed by atoms with Gasteiger partial charge in [0.15, 0.2) is 0 Å². The monoisotopic (exact) mass is 369 g/mol. The number of rotatable bonds is 12. The van der Waals surface area contributed by atoms with E-state index in [-0.39, 0.29) is 18.4 Å². The third kappa shape index (κ3) is 9.70. The molecule has 1 aliphatic heterocycles. The van der Waals surface area contributed by atoms with E-state index < -0.39 is 12.1 Å². The summed E-state index contributed by atoms with van der Waals surface area (Å²) in [4.78, 5) is 24.5. The molecule has 1 amide bonds. The van der Waals surface area contributed by atoms with Gasteiger partial charge in [0.1, 0.15) is 0 Å². The molecule has 0 bridgehead atoms. The molecule has 2 atom stereocenters. The first kappa shape index (κ1) is 21.8. The minimum absolute atomic E-state index is 0.0377. The molecule has 1 saturated heterocycles. The summed E-state index contributed by atoms with van der Waals surface area (Å²) in [5, 5.41) is 20.5. The summed E-state index contributed by atoms with van der Waals surface area (Å²) in [6.07, 6.45) is 11.8. The molecule has 0 saturated carbocycles. The Kier molecular flexibility index (Phi) is 11.3. The lowest BCUT2D eigenvalue weighted by atomic mass is 10.00. The second-order valence-electron chi connectivity index (χ2n) is 6.34. The normalized spacial score (nSPS) is 19.8. The molecule has 5 nitrogen and oxygen atoms in total. The summed E-state index contributed by atoms with van der Waals surface area (Å²) in [7, 11) is 0. The number of amides is 1. The van der Waals surface area contributed by atoms with E-state index in [1.165, 1.54) is 11.8 Å². The molecule has 1 rings (SSSR count). The quantitative estimate of drug-likeness (QED) is 0.406. The molecule has 0 radical (unpaired) electrons. The van der Waals surface area contributed by atoms with Crippen LogP contribution in [0.5, 0.6) is 0 Å². The highest BCUT2D eigenvalue weighted by Crippen LogP contribution is 2.20. The lowest BCUT2D eigenvalue weighted by Crippen LogP contribution is -2.42. The van der Waals surface area contributed by atoms with E-state index in [1.807, 2.05) is 28.5 Å². The fourth-order valence-electron chi connectivity index (χ4n) is 2.78. The van der Waals surface area contributed by atoms with Gasteiger partial charge < -0.3 is 15.1 Å². The summed E-state index contributed by atoms with van der Waals surface area (Å²) in [5.41, 5.74) is 0. The zero-order valence-corrected chi connectivity index (χ0v) is 15.9. The standard InChI is InChI=1S/C19H31NO4S/c1-2-3-4-8-17(21)11-10-16-7-5-9-18(22)20(16)13-6-14-25-15-12-19(23)24/h6,10-11,14,16-17,21H,2-5,7-9,12-13,15H2,1H3,(H,23,24)/b11-10+,14-6-/t16-,17?/m1/s1. The number of likely N-dealkylation sites (tertiary alicyclic amines) is 1. The smallest absolute Gasteiger partial charge is 0.304 e. The number of thioether (sulfide) groups is 1. The third-order valence-electron chi connectivity index (χ3n) is 4.20. The van der Waals surface area contributed by atoms with Crippen LogP contribution in [0, 0.1) is 0 Å². The Bertz CT molecular complexity index is 464. The van der Waals surface area contributed by atoms with Crippen molar-refractivity contribution in [1.29, 1.82) is 0 Å². The Balaban J connectivity index is 2.45. The molecular weight excluding hydrogens is 338 g/mol. The third-order valence-corrected chi connectivity index (χ3v) is 5.02. The molecule has 142 valence electrons. The van der Waals surface area contributed by atoms with Crippen molar-refractivity contribution in [3.8, 4) is 0 Å². The largest absolute Gasteiger partial charge is 0.481 e. The van der Waals surface area contributed by atoms with Crippen LogP contribution in [0.4, 0.5) is 0 Å². The van der Waals surface area contributed by atoms with Crippen LogP contribution in [0.15, 0.2) is 23.6 Å². The van der Waals surface area contributed by atoms with Crippen molar-refractivity contribution in [3.63, 3.8) is 0 Å². The zero-order chi connectivity index (χ0) is 18.5. The lowest BCUT2D eigenvalue weighted by molar-refractivity contribution is -0.136. The summed E-state index contributed by atoms with van der Waals surface area (Å²) in [6.45, 7) is 2.67. The number of carboxylic acid groups (broad SMARTS) is 1. The molecule has 2 N–H and O–H groups in total. The Morgan fingerprint density at radius 2 is 2.24 bits per heavy atom. The van der Waals surface area contributed by atoms with Gasteiger partial charge in [0, 0.05) is 18.7 Å². The van der Waals surface area contributed by atoms with Crippen LogP contribution in [-0.2, 0) is 9.59 Å². The number of aliphatic hydroxyl groups excluding tert-OH is 1. The van der Waals surface area contributed by atoms with Crippen LogP contribution >= 0.6 is 11.8 Å². The minimum atomic E-state index is -0.796. The Morgan fingerprint density at radius 3 is 2.96 bits per heavy atom. The molecule has 0 spiro atoms. The van der Waals surface area contributed by atoms with Gasteiger partial charge in [-0.1, -0.05) is 44.4 Å². The first-order chi connectivity index (χ1) is 12.0. The summed E-state index contributed by atoms with van der Waals surface area (Å²) in [6, 6.07) is 0.0377. The van der Waals surface area contributed by atoms with Crippen molar-refractivity contribution in [2.45, 2.75) is 70.4 Å². The Labute approximate surface area is 155 Å². The van der Waals surface area contributed by atoms with Crippen LogP contribution < -0.4 is 0 Å². The van der Waals surface area contributed by atoms with E-state index in [0.29, 0.717) is 18.7 Å². The van der Waals surface area contributed by atoms with Crippen LogP contribution in [-0.4, -0.2) is 51.4 Å². The molecule has 1 heterocycles. The molecule has 0 aromatic rings. The number of aliphatic carboxylic acids is 1. The van der Waals surface area contributed by atoms with Gasteiger partial charge >= 0.3 is 5.97 Å². The van der Waals surface area contributed by atoms with Gasteiger partial charge in [-0.25, -0.2) is 0 Å². The van der Waals surface area contributed by atoms with Crippen molar-refractivity contribution in [2.75, 3.05) is 12.3 Å². The van der Waals surface area contributed by atoms with E-state index in [2.05, 4.69) is 6.92 Å². The number of unbranched alkanes of at least 4 members (excludes halogenated alkanes) is 2. The second kappa shape index (κ2) is 13.0. The highest BCUT2D eigenvalue weighted by molar-refractivity contribution is 8.02. The topological polar surface area (TPSA) is 77.8 Å². The van der Waals surface area contributed by atoms with E-state index in [1.54, 1.807) is 0 Å². The molecule has 1 unspecified atom stereocenters. The summed E-state index contributed by atoms with van der Waals surface area (Å²) in [5.74, 6) is -0.121. The van der Waals surface area contributed by atoms with E-state index >= 15 is 0 Å². The fraction of sp³-hybridized carbons (Fsp3) is 0.684. The molecule has 25 heavy (non-hydrogen) atoms. The first-order valence-corrected chi connectivity index (χ1v) is 10.2. The number of hydrogen-bond donors (Lipinski definition) is 2. The van der Waals surface area contributed by atoms with Crippen LogP contribution in [0.25, 0.3) is 0 Å². The van der Waals surface area contributed by atoms with Crippen molar-refractivity contribution < 1.29 is 19.8 Å². The minimum Gasteiger partial charge on any atom is -0.481 e. The molecule has 0 aromatic heterocycles. The zero-order valence-electron chi connectivity index (χ0n) is 15.1. The number of nitrogens with zero attached hydrogens (tertiary/aromatic N) is 1. The highest BCUT2D eigenvalue weighted by atomic mass is 32.2. The maximum absolute atomic E-state index is 12.2. The molecule has 0 aliphatic carbocycles. The lowest BCUT2D eigenvalue weighted by Gasteiger charge is -2.33. The predicted octanol–water partition coefficient (Wildman–Crippen LogP) is 3.59. The van der Waals surface area contributed by atoms with Gasteiger partial charge in [-0.15, -0.1) is 11.8 Å². The van der Waals surface area contributed by atoms with E-state index in [4.69, 9.17) is 5.11 Å². The summed E-state index contributed by atoms with van der Waals surface area (Å²) >= 11 is 1.44. The van der Waals surface area contributed by atoms with Crippen molar-refractivity contribution in [2.24, 2.45) is 0 Å². The van der Waals surface area contributed by atoms with Gasteiger partial charge in [0.25, 0.3) is 0 Å². The average molecular weight is 370 g/mol. The number of carbonyl (C=O) groups is 2. The van der Waals surface area contributed by atoms with E-state index in [9.17, 15) is 14.7 Å². The van der Waals surface area contributed by atoms with Gasteiger partial charge in [0.05, 0.1) is 18.6 Å². The molecule has 6 heteroatoms. The van der Waals surface area contributed by atoms with Gasteiger partial charge in [-0.05, 0) is 24.7 Å². The number of piperidine rings is 1. The first-order valence-electron chi connectivity index (χ1n) is 9.18. The van der Waals surface area contributed by atoms with Crippen LogP contribution in [0.1, 0.15) is 58.3 Å². The molecule has 0 aromatic carbocycles. The number of hydrogen-bond acceptors (Lipinski definition) is 4. The van der Waals surface area contributed by atoms with Gasteiger partial charge in [-0.3, -0.25) is 9.59 Å². The SMILES string of the molecule is CCCCCC(O)/C=C/[C@H]1CCCC(=O)N1C/C=C\SCCC(=O)O. The van der Waals surface area contributed by atoms with Crippen molar-refractivity contribution in [1.82, 2.24) is 4.90 Å². The highest BCUT2D eigenvalue weighted by Gasteiger charge is 2.25.